The van der Waals surface area contributed by atoms with E-state index in [1.165, 1.54) is 0 Å². The zero-order chi connectivity index (χ0) is 17.5. The Bertz CT molecular complexity index is 746. The van der Waals surface area contributed by atoms with Crippen molar-refractivity contribution >= 4 is 23.4 Å². The highest BCUT2D eigenvalue weighted by atomic mass is 16.1. The molecule has 0 radical (unpaired) electrons. The van der Waals surface area contributed by atoms with Crippen molar-refractivity contribution in [1.29, 1.82) is 0 Å². The van der Waals surface area contributed by atoms with Gasteiger partial charge in [0.05, 0.1) is 11.9 Å². The van der Waals surface area contributed by atoms with Crippen LogP contribution in [0, 0.1) is 0 Å². The lowest BCUT2D eigenvalue weighted by Crippen LogP contribution is -2.44. The smallest absolute Gasteiger partial charge is 0.280 e. The van der Waals surface area contributed by atoms with Crippen LogP contribution in [-0.2, 0) is 11.3 Å². The summed E-state index contributed by atoms with van der Waals surface area (Å²) in [5, 5.41) is 6.71. The van der Waals surface area contributed by atoms with Gasteiger partial charge in [0.2, 0.25) is 5.95 Å². The highest BCUT2D eigenvalue weighted by molar-refractivity contribution is 5.69. The van der Waals surface area contributed by atoms with E-state index in [-0.39, 0.29) is 29.2 Å². The molecular formula is C15H23N7O2. The van der Waals surface area contributed by atoms with E-state index >= 15 is 0 Å². The summed E-state index contributed by atoms with van der Waals surface area (Å²) >= 11 is 0. The van der Waals surface area contributed by atoms with Crippen molar-refractivity contribution in [3.63, 3.8) is 0 Å². The molecular weight excluding hydrogens is 310 g/mol. The van der Waals surface area contributed by atoms with E-state index in [2.05, 4.69) is 44.4 Å². The van der Waals surface area contributed by atoms with E-state index in [9.17, 15) is 9.59 Å². The number of carbonyl (C=O) groups is 1. The van der Waals surface area contributed by atoms with E-state index in [4.69, 9.17) is 5.73 Å². The molecule has 5 N–H and O–H groups in total. The molecule has 2 aromatic heterocycles. The highest BCUT2D eigenvalue weighted by Crippen LogP contribution is 2.04. The fourth-order valence-corrected chi connectivity index (χ4v) is 2.19. The van der Waals surface area contributed by atoms with Gasteiger partial charge in [-0.1, -0.05) is 0 Å². The van der Waals surface area contributed by atoms with E-state index in [1.807, 2.05) is 0 Å². The second-order valence-corrected chi connectivity index (χ2v) is 5.71. The number of aldehydes is 1. The number of unbranched alkanes of at least 4 members (excludes halogenated alkanes) is 1. The Labute approximate surface area is 139 Å². The van der Waals surface area contributed by atoms with Gasteiger partial charge in [0.15, 0.2) is 11.2 Å². The molecule has 0 bridgehead atoms. The zero-order valence-electron chi connectivity index (χ0n) is 13.9. The molecule has 0 saturated heterocycles. The van der Waals surface area contributed by atoms with E-state index < -0.39 is 5.56 Å². The summed E-state index contributed by atoms with van der Waals surface area (Å²) in [6, 6.07) is 0.413. The van der Waals surface area contributed by atoms with Crippen LogP contribution in [0.1, 0.15) is 32.4 Å². The van der Waals surface area contributed by atoms with Crippen LogP contribution >= 0.6 is 0 Å². The van der Waals surface area contributed by atoms with Gasteiger partial charge in [-0.3, -0.25) is 9.78 Å². The number of H-pyrrole nitrogens is 1. The Balaban J connectivity index is 1.92. The van der Waals surface area contributed by atoms with E-state index in [0.717, 1.165) is 19.3 Å². The fraction of sp³-hybridized carbons (Fsp3) is 0.533. The lowest BCUT2D eigenvalue weighted by Gasteiger charge is -2.22. The molecule has 2 heterocycles. The molecule has 0 fully saturated rings. The largest absolute Gasteiger partial charge is 0.369 e. The third-order valence-electron chi connectivity index (χ3n) is 3.81. The number of nitrogens with one attached hydrogen (secondary N) is 3. The minimum absolute atomic E-state index is 0.0239. The summed E-state index contributed by atoms with van der Waals surface area (Å²) in [6.45, 7) is 5.40. The summed E-state index contributed by atoms with van der Waals surface area (Å²) in [5.74, 6) is 0.0239. The Kier molecular flexibility index (Phi) is 6.33. The normalized spacial score (nSPS) is 13.8. The maximum Gasteiger partial charge on any atom is 0.280 e. The molecule has 0 aromatic carbocycles. The molecule has 1 unspecified atom stereocenters. The van der Waals surface area contributed by atoms with Gasteiger partial charge >= 0.3 is 0 Å². The van der Waals surface area contributed by atoms with Crippen LogP contribution in [0.5, 0.6) is 0 Å². The molecule has 2 atom stereocenters. The van der Waals surface area contributed by atoms with Crippen molar-refractivity contribution in [3.05, 3.63) is 22.2 Å². The minimum Gasteiger partial charge on any atom is -0.369 e. The van der Waals surface area contributed by atoms with Gasteiger partial charge in [0, 0.05) is 25.0 Å². The third kappa shape index (κ3) is 4.80. The molecule has 9 nitrogen and oxygen atoms in total. The molecule has 0 spiro atoms. The molecule has 0 aliphatic carbocycles. The average Bonchev–Trinajstić information content (AvgIpc) is 2.56. The number of rotatable bonds is 9. The summed E-state index contributed by atoms with van der Waals surface area (Å²) in [6.07, 6.45) is 3.91. The molecule has 0 amide bonds. The number of hydrogen-bond acceptors (Lipinski definition) is 8. The number of nitrogens with two attached hydrogens (primary N) is 1. The first-order valence-electron chi connectivity index (χ1n) is 7.93. The SMILES string of the molecule is CC(NCc1cnc2nc(N)[nH]c(=O)c2n1)[C@@H](C)NCCCC=O. The van der Waals surface area contributed by atoms with E-state index in [0.29, 0.717) is 18.7 Å². The Morgan fingerprint density at radius 3 is 2.79 bits per heavy atom. The predicted octanol–water partition coefficient (Wildman–Crippen LogP) is -0.269. The topological polar surface area (TPSA) is 139 Å². The number of nitrogen functional groups attached to an aromatic ring is 1. The number of anilines is 1. The van der Waals surface area contributed by atoms with Crippen LogP contribution in [0.25, 0.3) is 11.2 Å². The summed E-state index contributed by atoms with van der Waals surface area (Å²) in [7, 11) is 0. The standard InChI is InChI=1S/C15H23N7O2/c1-9(17-5-3-4-6-23)10(2)18-7-11-8-19-13-12(20-11)14(24)22-15(16)21-13/h6,8-10,17-18H,3-5,7H2,1-2H3,(H3,16,19,21,22,24)/t9-,10?/m1/s1. The summed E-state index contributed by atoms with van der Waals surface area (Å²) in [5.41, 5.74) is 6.15. The van der Waals surface area contributed by atoms with Crippen LogP contribution in [-0.4, -0.2) is 44.9 Å². The van der Waals surface area contributed by atoms with Gasteiger partial charge in [0.25, 0.3) is 5.56 Å². The molecule has 2 rings (SSSR count). The van der Waals surface area contributed by atoms with E-state index in [1.54, 1.807) is 6.20 Å². The Morgan fingerprint density at radius 1 is 1.29 bits per heavy atom. The maximum atomic E-state index is 11.8. The number of aromatic nitrogens is 4. The second-order valence-electron chi connectivity index (χ2n) is 5.71. The van der Waals surface area contributed by atoms with Gasteiger partial charge in [0.1, 0.15) is 6.29 Å². The Hall–Kier alpha value is -2.39. The van der Waals surface area contributed by atoms with Crippen molar-refractivity contribution in [2.75, 3.05) is 12.3 Å². The molecule has 9 heteroatoms. The quantitative estimate of drug-likeness (QED) is 0.363. The lowest BCUT2D eigenvalue weighted by molar-refractivity contribution is -0.107. The molecule has 0 saturated carbocycles. The minimum atomic E-state index is -0.398. The number of fused-ring (bicyclic) bond motifs is 1. The first-order chi connectivity index (χ1) is 11.5. The van der Waals surface area contributed by atoms with Gasteiger partial charge in [-0.25, -0.2) is 9.97 Å². The van der Waals surface area contributed by atoms with Crippen LogP contribution in [0.3, 0.4) is 0 Å². The van der Waals surface area contributed by atoms with Crippen LogP contribution in [0.15, 0.2) is 11.0 Å². The monoisotopic (exact) mass is 333 g/mol. The van der Waals surface area contributed by atoms with Gasteiger partial charge in [-0.2, -0.15) is 4.98 Å². The molecule has 24 heavy (non-hydrogen) atoms. The lowest BCUT2D eigenvalue weighted by atomic mass is 10.1. The molecule has 0 aliphatic rings. The molecule has 130 valence electrons. The zero-order valence-corrected chi connectivity index (χ0v) is 13.9. The first-order valence-corrected chi connectivity index (χ1v) is 7.93. The Morgan fingerprint density at radius 2 is 2.04 bits per heavy atom. The number of nitrogens with zero attached hydrogens (tertiary/aromatic N) is 3. The third-order valence-corrected chi connectivity index (χ3v) is 3.81. The molecule has 0 aliphatic heterocycles. The van der Waals surface area contributed by atoms with Crippen LogP contribution in [0.4, 0.5) is 5.95 Å². The number of hydrogen-bond donors (Lipinski definition) is 4. The van der Waals surface area contributed by atoms with Crippen molar-refractivity contribution in [3.8, 4) is 0 Å². The van der Waals surface area contributed by atoms with Gasteiger partial charge < -0.3 is 21.2 Å². The fourth-order valence-electron chi connectivity index (χ4n) is 2.19. The average molecular weight is 333 g/mol. The number of carbonyl (C=O) groups excluding carboxylic acids is 1. The highest BCUT2D eigenvalue weighted by Gasteiger charge is 2.12. The van der Waals surface area contributed by atoms with Gasteiger partial charge in [-0.15, -0.1) is 0 Å². The summed E-state index contributed by atoms with van der Waals surface area (Å²) < 4.78 is 0. The summed E-state index contributed by atoms with van der Waals surface area (Å²) in [4.78, 5) is 36.9. The van der Waals surface area contributed by atoms with Gasteiger partial charge in [-0.05, 0) is 26.8 Å². The predicted molar refractivity (Wildman–Crippen MR) is 91.4 cm³/mol. The number of aromatic amines is 1. The first kappa shape index (κ1) is 18.0. The van der Waals surface area contributed by atoms with Crippen molar-refractivity contribution in [2.24, 2.45) is 0 Å². The van der Waals surface area contributed by atoms with Crippen LogP contribution < -0.4 is 21.9 Å². The van der Waals surface area contributed by atoms with Crippen LogP contribution in [0.2, 0.25) is 0 Å². The maximum absolute atomic E-state index is 11.8. The van der Waals surface area contributed by atoms with Crippen molar-refractivity contribution in [2.45, 2.75) is 45.3 Å². The van der Waals surface area contributed by atoms with Crippen molar-refractivity contribution in [1.82, 2.24) is 30.6 Å². The second kappa shape index (κ2) is 8.46. The molecule has 2 aromatic rings. The van der Waals surface area contributed by atoms with Crippen molar-refractivity contribution < 1.29 is 4.79 Å².